The van der Waals surface area contributed by atoms with E-state index in [0.717, 1.165) is 18.7 Å². The molecule has 0 atom stereocenters. The molecule has 0 saturated carbocycles. The van der Waals surface area contributed by atoms with Gasteiger partial charge in [-0.05, 0) is 45.6 Å². The molecule has 1 aromatic heterocycles. The molecular weight excluding hydrogens is 347 g/mol. The van der Waals surface area contributed by atoms with E-state index in [-0.39, 0.29) is 5.91 Å². The third-order valence-corrected chi connectivity index (χ3v) is 4.61. The summed E-state index contributed by atoms with van der Waals surface area (Å²) in [5.41, 5.74) is 0.0307. The van der Waals surface area contributed by atoms with Crippen LogP contribution in [-0.4, -0.2) is 41.2 Å². The smallest absolute Gasteiger partial charge is 0.235 e. The van der Waals surface area contributed by atoms with Crippen LogP contribution < -0.4 is 5.32 Å². The Kier molecular flexibility index (Phi) is 5.91. The highest BCUT2D eigenvalue weighted by atomic mass is 35.5. The van der Waals surface area contributed by atoms with Crippen LogP contribution in [0.5, 0.6) is 0 Å². The minimum Gasteiger partial charge on any atom is -0.308 e. The van der Waals surface area contributed by atoms with Crippen molar-refractivity contribution >= 4 is 34.9 Å². The Morgan fingerprint density at radius 3 is 2.58 bits per heavy atom. The molecule has 24 heavy (non-hydrogen) atoms. The Balaban J connectivity index is 2.09. The molecule has 0 fully saturated rings. The lowest BCUT2D eigenvalue weighted by Gasteiger charge is -2.24. The topological polar surface area (TPSA) is 50.2 Å². The molecule has 0 spiro atoms. The average Bonchev–Trinajstić information content (AvgIpc) is 2.95. The summed E-state index contributed by atoms with van der Waals surface area (Å²) in [5.74, 6) is 0.380. The monoisotopic (exact) mass is 368 g/mol. The third-order valence-electron chi connectivity index (χ3n) is 3.87. The number of aromatic nitrogens is 2. The highest BCUT2D eigenvalue weighted by Crippen LogP contribution is 2.30. The minimum absolute atomic E-state index is 0.154. The molecule has 1 amide bonds. The molecular formula is C17H22Cl2N4O. The molecule has 0 bridgehead atoms. The van der Waals surface area contributed by atoms with Gasteiger partial charge in [0.2, 0.25) is 5.91 Å². The molecule has 0 aliphatic heterocycles. The highest BCUT2D eigenvalue weighted by molar-refractivity contribution is 6.42. The maximum absolute atomic E-state index is 12.7. The molecule has 1 heterocycles. The fourth-order valence-electron chi connectivity index (χ4n) is 2.14. The van der Waals surface area contributed by atoms with Crippen molar-refractivity contribution in [2.24, 2.45) is 0 Å². The van der Waals surface area contributed by atoms with Crippen molar-refractivity contribution in [2.45, 2.75) is 25.8 Å². The largest absolute Gasteiger partial charge is 0.308 e. The molecule has 0 saturated heterocycles. The second kappa shape index (κ2) is 7.55. The number of hydrogen-bond acceptors (Lipinski definition) is 3. The van der Waals surface area contributed by atoms with Crippen LogP contribution in [0.2, 0.25) is 10.0 Å². The second-order valence-corrected chi connectivity index (χ2v) is 7.29. The van der Waals surface area contributed by atoms with E-state index >= 15 is 0 Å². The zero-order chi connectivity index (χ0) is 17.9. The van der Waals surface area contributed by atoms with Gasteiger partial charge in [0.25, 0.3) is 0 Å². The SMILES string of the molecule is CN(C)CCn1ccc(NC(=O)C(C)(C)c2ccc(Cl)c(Cl)c2)n1. The first-order valence-electron chi connectivity index (χ1n) is 7.65. The predicted molar refractivity (Wildman–Crippen MR) is 98.9 cm³/mol. The summed E-state index contributed by atoms with van der Waals surface area (Å²) in [6.07, 6.45) is 1.85. The van der Waals surface area contributed by atoms with Gasteiger partial charge in [0.15, 0.2) is 5.82 Å². The van der Waals surface area contributed by atoms with E-state index in [9.17, 15) is 4.79 Å². The normalized spacial score (nSPS) is 11.8. The van der Waals surface area contributed by atoms with Gasteiger partial charge in [0.05, 0.1) is 22.0 Å². The van der Waals surface area contributed by atoms with Crippen LogP contribution in [0, 0.1) is 0 Å². The second-order valence-electron chi connectivity index (χ2n) is 6.48. The van der Waals surface area contributed by atoms with Crippen LogP contribution in [0.15, 0.2) is 30.5 Å². The lowest BCUT2D eigenvalue weighted by Crippen LogP contribution is -2.35. The first kappa shape index (κ1) is 18.8. The molecule has 0 aliphatic rings. The number of amides is 1. The van der Waals surface area contributed by atoms with Gasteiger partial charge in [-0.2, -0.15) is 5.10 Å². The number of carbonyl (C=O) groups is 1. The Hall–Kier alpha value is -1.56. The van der Waals surface area contributed by atoms with Gasteiger partial charge in [-0.25, -0.2) is 0 Å². The van der Waals surface area contributed by atoms with Crippen LogP contribution in [0.4, 0.5) is 5.82 Å². The lowest BCUT2D eigenvalue weighted by atomic mass is 9.84. The Labute approximate surface area is 152 Å². The number of carbonyl (C=O) groups excluding carboxylic acids is 1. The van der Waals surface area contributed by atoms with Gasteiger partial charge >= 0.3 is 0 Å². The van der Waals surface area contributed by atoms with Crippen molar-refractivity contribution in [3.8, 4) is 0 Å². The lowest BCUT2D eigenvalue weighted by molar-refractivity contribution is -0.120. The average molecular weight is 369 g/mol. The fraction of sp³-hybridized carbons (Fsp3) is 0.412. The number of likely N-dealkylation sites (N-methyl/N-ethyl adjacent to an activating group) is 1. The van der Waals surface area contributed by atoms with Crippen LogP contribution in [0.3, 0.4) is 0 Å². The number of anilines is 1. The van der Waals surface area contributed by atoms with E-state index in [1.807, 2.05) is 44.9 Å². The molecule has 1 N–H and O–H groups in total. The van der Waals surface area contributed by atoms with E-state index < -0.39 is 5.41 Å². The third kappa shape index (κ3) is 4.50. The summed E-state index contributed by atoms with van der Waals surface area (Å²) in [6, 6.07) is 7.02. The number of hydrogen-bond donors (Lipinski definition) is 1. The van der Waals surface area contributed by atoms with Crippen molar-refractivity contribution in [3.05, 3.63) is 46.1 Å². The van der Waals surface area contributed by atoms with Crippen LogP contribution in [0.1, 0.15) is 19.4 Å². The van der Waals surface area contributed by atoms with Crippen molar-refractivity contribution in [1.29, 1.82) is 0 Å². The molecule has 2 rings (SSSR count). The van der Waals surface area contributed by atoms with Crippen molar-refractivity contribution in [2.75, 3.05) is 26.0 Å². The number of rotatable bonds is 6. The molecule has 7 heteroatoms. The molecule has 5 nitrogen and oxygen atoms in total. The van der Waals surface area contributed by atoms with Crippen molar-refractivity contribution in [3.63, 3.8) is 0 Å². The first-order chi connectivity index (χ1) is 11.2. The van der Waals surface area contributed by atoms with E-state index in [0.29, 0.717) is 15.9 Å². The van der Waals surface area contributed by atoms with E-state index in [1.165, 1.54) is 0 Å². The standard InChI is InChI=1S/C17H22Cl2N4O/c1-17(2,12-5-6-13(18)14(19)11-12)16(24)20-15-7-8-23(21-15)10-9-22(3)4/h5-8,11H,9-10H2,1-4H3,(H,20,21,24). The molecule has 0 radical (unpaired) electrons. The number of halogens is 2. The maximum Gasteiger partial charge on any atom is 0.235 e. The summed E-state index contributed by atoms with van der Waals surface area (Å²) in [7, 11) is 4.01. The van der Waals surface area contributed by atoms with Crippen molar-refractivity contribution in [1.82, 2.24) is 14.7 Å². The van der Waals surface area contributed by atoms with Crippen LogP contribution >= 0.6 is 23.2 Å². The van der Waals surface area contributed by atoms with E-state index in [2.05, 4.69) is 15.3 Å². The molecule has 2 aromatic rings. The molecule has 1 aromatic carbocycles. The van der Waals surface area contributed by atoms with Gasteiger partial charge in [-0.3, -0.25) is 9.48 Å². The van der Waals surface area contributed by atoms with Gasteiger partial charge < -0.3 is 10.2 Å². The van der Waals surface area contributed by atoms with Gasteiger partial charge in [-0.1, -0.05) is 29.3 Å². The summed E-state index contributed by atoms with van der Waals surface area (Å²) in [4.78, 5) is 14.7. The summed E-state index contributed by atoms with van der Waals surface area (Å²) in [6.45, 7) is 5.32. The predicted octanol–water partition coefficient (Wildman–Crippen LogP) is 3.67. The number of nitrogens with one attached hydrogen (secondary N) is 1. The Morgan fingerprint density at radius 1 is 1.25 bits per heavy atom. The summed E-state index contributed by atoms with van der Waals surface area (Å²) >= 11 is 12.0. The quantitative estimate of drug-likeness (QED) is 0.845. The summed E-state index contributed by atoms with van der Waals surface area (Å²) in [5, 5.41) is 8.14. The summed E-state index contributed by atoms with van der Waals surface area (Å²) < 4.78 is 1.81. The maximum atomic E-state index is 12.7. The molecule has 130 valence electrons. The van der Waals surface area contributed by atoms with Gasteiger partial charge in [0.1, 0.15) is 0 Å². The molecule has 0 aliphatic carbocycles. The minimum atomic E-state index is -0.762. The number of nitrogens with zero attached hydrogens (tertiary/aromatic N) is 3. The van der Waals surface area contributed by atoms with Crippen LogP contribution in [-0.2, 0) is 16.8 Å². The molecule has 0 unspecified atom stereocenters. The van der Waals surface area contributed by atoms with Gasteiger partial charge in [-0.15, -0.1) is 0 Å². The fourth-order valence-corrected chi connectivity index (χ4v) is 2.44. The number of benzene rings is 1. The van der Waals surface area contributed by atoms with E-state index in [4.69, 9.17) is 23.2 Å². The van der Waals surface area contributed by atoms with Crippen LogP contribution in [0.25, 0.3) is 0 Å². The van der Waals surface area contributed by atoms with E-state index in [1.54, 1.807) is 18.2 Å². The zero-order valence-corrected chi connectivity index (χ0v) is 15.8. The zero-order valence-electron chi connectivity index (χ0n) is 14.3. The Bertz CT molecular complexity index is 725. The first-order valence-corrected chi connectivity index (χ1v) is 8.41. The Morgan fingerprint density at radius 2 is 1.96 bits per heavy atom. The van der Waals surface area contributed by atoms with Gasteiger partial charge in [0, 0.05) is 18.8 Å². The highest BCUT2D eigenvalue weighted by Gasteiger charge is 2.30. The van der Waals surface area contributed by atoms with Crippen molar-refractivity contribution < 1.29 is 4.79 Å².